The minimum absolute atomic E-state index is 0. The third-order valence-corrected chi connectivity index (χ3v) is 19.9. The number of halogens is 2. The van der Waals surface area contributed by atoms with Gasteiger partial charge in [-0.25, -0.2) is 38.7 Å². The fraction of sp³-hybridized carbons (Fsp3) is 0.658. The summed E-state index contributed by atoms with van der Waals surface area (Å²) in [6.45, 7) is -0.845. The van der Waals surface area contributed by atoms with Gasteiger partial charge in [0, 0.05) is 37.6 Å². The molecule has 22 atom stereocenters. The van der Waals surface area contributed by atoms with Gasteiger partial charge in [0.25, 0.3) is 0 Å². The largest absolute Gasteiger partial charge is 0.394 e. The minimum atomic E-state index is -3.71. The van der Waals surface area contributed by atoms with E-state index in [0.717, 1.165) is 60.7 Å². The Morgan fingerprint density at radius 3 is 1.27 bits per heavy atom. The average Bonchev–Trinajstić information content (AvgIpc) is 1.62. The van der Waals surface area contributed by atoms with E-state index in [0.29, 0.717) is 11.0 Å². The van der Waals surface area contributed by atoms with E-state index in [9.17, 15) is 98.7 Å². The molecule has 49 nitrogen and oxygen atoms in total. The van der Waals surface area contributed by atoms with Crippen molar-refractivity contribution in [3.05, 3.63) is 125 Å². The molecule has 12 heterocycles. The lowest BCUT2D eigenvalue weighted by Crippen LogP contribution is -2.48. The van der Waals surface area contributed by atoms with E-state index < -0.39 is 207 Å². The molecule has 6 aliphatic heterocycles. The number of carbonyl (C=O) groups excluding carboxylic acids is 1. The minimum Gasteiger partial charge on any atom is -0.394 e. The van der Waals surface area contributed by atoms with Crippen LogP contribution < -0.4 is 68.1 Å². The zero-order chi connectivity index (χ0) is 90.0. The lowest BCUT2D eigenvalue weighted by molar-refractivity contribution is -0.140. The molecule has 714 valence electrons. The monoisotopic (exact) mass is 1820 g/mol. The molecule has 0 radical (unpaired) electrons. The first-order valence-corrected chi connectivity index (χ1v) is 38.4. The summed E-state index contributed by atoms with van der Waals surface area (Å²) in [6, 6.07) is 7.23. The number of hydrogen-bond acceptors (Lipinski definition) is 42. The molecule has 0 aromatic carbocycles. The highest BCUT2D eigenvalue weighted by atomic mass is 19.3. The summed E-state index contributed by atoms with van der Waals surface area (Å²) >= 11 is 0. The SMILES string of the molecule is C.C.C.C.C.C#C[C@@]1(O)[C@@H](CO)O[C@@H](n2ccc(N)nc2=O)[C@@H]1O.CCCCCCCCCCCCCCCC(=O)Nc1ccn([C@@H]2O[C@H](CO)[C@@H](O)[C@@H]2C#N)c(=O)n1.Nc1ccn([C@@H]2O[C@H](CO)[C@@H](O)C2(F)F)c(=O)n1.Nc1ccn([C@@H]2O[C@H](CO)[C@@H](O)[C@@H]2O)c(=O)n1.Nc1ncn([C@@H]2O[C@H](CO)[C@@H](O)[C@H]2O)c(=O)n1.Nc1ncn([C@H]2C[C@H](O)[C@@H](CO)O2)c(=O)n1. The number of terminal acetylenes is 1. The van der Waals surface area contributed by atoms with Crippen LogP contribution in [-0.2, 0) is 33.2 Å². The van der Waals surface area contributed by atoms with E-state index in [1.165, 1.54) is 107 Å². The number of ether oxygens (including phenoxy) is 6. The molecule has 127 heavy (non-hydrogen) atoms. The van der Waals surface area contributed by atoms with Crippen LogP contribution in [0.15, 0.2) is 90.5 Å². The first-order chi connectivity index (χ1) is 58.0. The molecule has 6 aliphatic rings. The molecule has 0 saturated carbocycles. The van der Waals surface area contributed by atoms with E-state index in [-0.39, 0.29) is 91.2 Å². The number of nitrogens with zero attached hydrogens (tertiary/aromatic N) is 15. The Kier molecular flexibility index (Phi) is 46.9. The lowest BCUT2D eigenvalue weighted by Gasteiger charge is -2.23. The van der Waals surface area contributed by atoms with Crippen LogP contribution in [0.2, 0.25) is 0 Å². The van der Waals surface area contributed by atoms with Crippen LogP contribution >= 0.6 is 0 Å². The van der Waals surface area contributed by atoms with Gasteiger partial charge in [-0.05, 0) is 30.7 Å². The molecule has 1 amide bonds. The number of amides is 1. The number of anilines is 6. The van der Waals surface area contributed by atoms with Gasteiger partial charge in [-0.3, -0.25) is 32.2 Å². The maximum Gasteiger partial charge on any atom is 0.354 e. The molecular formula is C76H123F2N21O28. The van der Waals surface area contributed by atoms with E-state index in [1.807, 2.05) is 12.0 Å². The third kappa shape index (κ3) is 28.8. The van der Waals surface area contributed by atoms with Crippen molar-refractivity contribution in [1.29, 1.82) is 5.26 Å². The van der Waals surface area contributed by atoms with Crippen molar-refractivity contribution >= 4 is 41.1 Å². The van der Waals surface area contributed by atoms with Crippen molar-refractivity contribution in [2.24, 2.45) is 5.92 Å². The number of aliphatic hydroxyl groups excluding tert-OH is 14. The average molecular weight is 1820 g/mol. The number of nitriles is 1. The normalized spacial score (nSPS) is 27.9. The second-order valence-corrected chi connectivity index (χ2v) is 28.4. The standard InChI is InChI=1S/C26H42N4O5.C11H13N3O5.C9H11F2N3O4.C9H13N3O5.C8H12N4O5.C8H12N4O4.5CH4/c1-2-3-4-5-6-7-8-9-10-11-12-13-14-15-23(32)28-22-16-17-30(26(34)29-22)25-20(18-27)24(33)21(19-31)35-25;1-2-11(18)6(5-15)19-9(8(11)16)14-4-3-7(12)13-10(14)17;10-9(11)6(16)4(3-15)18-7(9)14-2-1-5(12)13-8(14)17;10-5-1-2-12(9(16)11-5)8-7(15)6(14)4(3-13)17-8;9-7-10-2-12(8(16)11-7)6-5(15)4(14)3(1-13)17-6;9-7-10-3-12(8(15)11-7)6-1-4(14)5(2-13)16-6;;;;;/h16-17,20-21,24-25,31,33H,2-15,19H2,1H3,(H,28,29,32,34);1,3-4,6,8-9,15-16,18H,5H2,(H2,12,13,17);1-2,4,6-7,15-16H,3H2,(H2,12,13,17);1-2,4,6-8,13-15H,3H2,(H2,10,11,16);2-6,13-15H,1H2,(H2,9,11,16);3-6,13-14H,1-2H2,(H2,9,11,15);5*1H4/t20-,21+,24-,25+;6-,8+,9-,11-;4-,6-,7-;4-,6-,7+,8-;3-,4-,5-,6-;4-,5+,6+;;;;;/m011110...../s1. The van der Waals surface area contributed by atoms with Crippen molar-refractivity contribution in [3.63, 3.8) is 0 Å². The number of alkyl halides is 2. The van der Waals surface area contributed by atoms with Gasteiger partial charge in [0.2, 0.25) is 24.0 Å². The molecule has 0 aliphatic carbocycles. The zero-order valence-corrected chi connectivity index (χ0v) is 65.7. The predicted octanol–water partition coefficient (Wildman–Crippen LogP) is -4.48. The molecule has 6 fully saturated rings. The first kappa shape index (κ1) is 113. The number of hydrogen-bond donors (Lipinski definition) is 21. The molecular weight excluding hydrogens is 1690 g/mol. The molecule has 26 N–H and O–H groups in total. The van der Waals surface area contributed by atoms with Crippen LogP contribution in [0.1, 0.15) is 178 Å². The second kappa shape index (κ2) is 52.8. The molecule has 6 aromatic heterocycles. The quantitative estimate of drug-likeness (QED) is 0.0171. The molecule has 6 aromatic rings. The summed E-state index contributed by atoms with van der Waals surface area (Å²) < 4.78 is 64.1. The zero-order valence-electron chi connectivity index (χ0n) is 65.7. The van der Waals surface area contributed by atoms with Crippen LogP contribution in [0.25, 0.3) is 0 Å². The van der Waals surface area contributed by atoms with Crippen molar-refractivity contribution in [2.45, 2.75) is 275 Å². The second-order valence-electron chi connectivity index (χ2n) is 28.4. The van der Waals surface area contributed by atoms with Crippen LogP contribution in [0.4, 0.5) is 43.9 Å². The third-order valence-electron chi connectivity index (χ3n) is 19.9. The Morgan fingerprint density at radius 1 is 0.480 bits per heavy atom. The summed E-state index contributed by atoms with van der Waals surface area (Å²) in [7, 11) is 0. The Balaban J connectivity index is 0.000000525. The Labute approximate surface area is 726 Å². The number of rotatable bonds is 27. The summed E-state index contributed by atoms with van der Waals surface area (Å²) in [4.78, 5) is 110. The number of nitrogen functional groups attached to an aromatic ring is 5. The Bertz CT molecular complexity index is 4730. The predicted molar refractivity (Wildman–Crippen MR) is 448 cm³/mol. The number of nitrogens with one attached hydrogen (secondary N) is 1. The van der Waals surface area contributed by atoms with Crippen LogP contribution in [0.5, 0.6) is 0 Å². The van der Waals surface area contributed by atoms with Crippen LogP contribution in [0.3, 0.4) is 0 Å². The summed E-state index contributed by atoms with van der Waals surface area (Å²) in [6.07, 6.45) is 4.65. The molecule has 0 unspecified atom stereocenters. The number of aromatic nitrogens is 14. The number of nitrogens with two attached hydrogens (primary N) is 5. The first-order valence-electron chi connectivity index (χ1n) is 38.4. The van der Waals surface area contributed by atoms with Crippen LogP contribution in [0, 0.1) is 29.6 Å². The number of carbonyl (C=O) groups is 1. The molecule has 0 bridgehead atoms. The van der Waals surface area contributed by atoms with Gasteiger partial charge < -0.3 is 139 Å². The van der Waals surface area contributed by atoms with E-state index >= 15 is 0 Å². The summed E-state index contributed by atoms with van der Waals surface area (Å²) in [5, 5.41) is 153. The van der Waals surface area contributed by atoms with Gasteiger partial charge in [-0.2, -0.15) is 43.9 Å². The van der Waals surface area contributed by atoms with Crippen molar-refractivity contribution in [2.75, 3.05) is 73.6 Å². The smallest absolute Gasteiger partial charge is 0.354 e. The fourth-order valence-corrected chi connectivity index (χ4v) is 13.1. The Hall–Kier alpha value is -10.3. The Morgan fingerprint density at radius 2 is 0.874 bits per heavy atom. The van der Waals surface area contributed by atoms with Gasteiger partial charge in [-0.1, -0.05) is 127 Å². The summed E-state index contributed by atoms with van der Waals surface area (Å²) in [5.41, 5.74) is 19.7. The van der Waals surface area contributed by atoms with Crippen molar-refractivity contribution in [1.82, 2.24) is 67.3 Å². The molecule has 0 spiro atoms. The van der Waals surface area contributed by atoms with E-state index in [4.69, 9.17) is 89.0 Å². The van der Waals surface area contributed by atoms with E-state index in [1.54, 1.807) is 0 Å². The maximum atomic E-state index is 13.7. The van der Waals surface area contributed by atoms with E-state index in [2.05, 4.69) is 52.1 Å². The van der Waals surface area contributed by atoms with Gasteiger partial charge >= 0.3 is 40.1 Å². The number of aliphatic hydroxyl groups is 15. The van der Waals surface area contributed by atoms with Gasteiger partial charge in [0.05, 0.1) is 51.8 Å². The topological polar surface area (TPSA) is 777 Å². The number of unbranched alkanes of at least 4 members (excludes halogenated alkanes) is 12. The van der Waals surface area contributed by atoms with Crippen molar-refractivity contribution in [3.8, 4) is 18.4 Å². The van der Waals surface area contributed by atoms with Crippen LogP contribution in [-0.4, -0.2) is 286 Å². The highest BCUT2D eigenvalue weighted by Crippen LogP contribution is 2.43. The van der Waals surface area contributed by atoms with Gasteiger partial charge in [-0.15, -0.1) is 6.42 Å². The fourth-order valence-electron chi connectivity index (χ4n) is 13.1. The molecule has 51 heteroatoms. The lowest BCUT2D eigenvalue weighted by atomic mass is 9.93. The van der Waals surface area contributed by atoms with Crippen molar-refractivity contribution < 1.29 is 119 Å². The molecule has 12 rings (SSSR count). The maximum absolute atomic E-state index is 13.7. The summed E-state index contributed by atoms with van der Waals surface area (Å²) in [5.74, 6) is -3.16. The highest BCUT2D eigenvalue weighted by Gasteiger charge is 2.60. The van der Waals surface area contributed by atoms with Gasteiger partial charge in [0.1, 0.15) is 121 Å². The molecule has 6 saturated heterocycles. The van der Waals surface area contributed by atoms with Gasteiger partial charge in [0.15, 0.2) is 36.6 Å². The highest BCUT2D eigenvalue weighted by molar-refractivity contribution is 5.89.